The van der Waals surface area contributed by atoms with Crippen molar-refractivity contribution >= 4 is 29.7 Å². The van der Waals surface area contributed by atoms with E-state index in [4.69, 9.17) is 10.8 Å². The predicted molar refractivity (Wildman–Crippen MR) is 136 cm³/mol. The second kappa shape index (κ2) is 14.4. The predicted octanol–water partition coefficient (Wildman–Crippen LogP) is -0.806. The molecule has 2 rings (SSSR count). The summed E-state index contributed by atoms with van der Waals surface area (Å²) in [5.41, 5.74) is 6.98. The van der Waals surface area contributed by atoms with Gasteiger partial charge in [0.1, 0.15) is 12.1 Å². The summed E-state index contributed by atoms with van der Waals surface area (Å²) in [4.78, 5) is 61.4. The number of carboxylic acids is 2. The lowest BCUT2D eigenvalue weighted by atomic mass is 10.0. The summed E-state index contributed by atoms with van der Waals surface area (Å²) >= 11 is 0. The number of aliphatic carboxylic acids is 2. The zero-order valence-corrected chi connectivity index (χ0v) is 20.7. The van der Waals surface area contributed by atoms with Gasteiger partial charge in [-0.05, 0) is 18.1 Å². The van der Waals surface area contributed by atoms with E-state index < -0.39 is 66.4 Å². The Morgan fingerprint density at radius 3 is 1.55 bits per heavy atom. The third-order valence-electron chi connectivity index (χ3n) is 5.61. The third-order valence-corrected chi connectivity index (χ3v) is 5.61. The Hall–Kier alpha value is -4.29. The third kappa shape index (κ3) is 9.64. The van der Waals surface area contributed by atoms with Gasteiger partial charge in [-0.3, -0.25) is 19.2 Å². The van der Waals surface area contributed by atoms with Crippen LogP contribution in [0.4, 0.5) is 0 Å². The molecule has 0 saturated heterocycles. The smallest absolute Gasteiger partial charge is 0.328 e. The fourth-order valence-electron chi connectivity index (χ4n) is 3.59. The zero-order chi connectivity index (χ0) is 28.2. The summed E-state index contributed by atoms with van der Waals surface area (Å²) in [6.07, 6.45) is -2.08. The van der Waals surface area contributed by atoms with E-state index in [-0.39, 0.29) is 12.8 Å². The molecule has 8 N–H and O–H groups in total. The lowest BCUT2D eigenvalue weighted by Gasteiger charge is -2.26. The number of nitrogens with two attached hydrogens (primary N) is 1. The van der Waals surface area contributed by atoms with E-state index in [2.05, 4.69) is 16.0 Å². The second-order valence-corrected chi connectivity index (χ2v) is 8.77. The highest BCUT2D eigenvalue weighted by Crippen LogP contribution is 2.08. The molecule has 3 amide bonds. The molecule has 204 valence electrons. The highest BCUT2D eigenvalue weighted by atomic mass is 16.4. The molecule has 0 fully saturated rings. The quantitative estimate of drug-likeness (QED) is 0.163. The molecule has 5 atom stereocenters. The van der Waals surface area contributed by atoms with Gasteiger partial charge in [-0.15, -0.1) is 0 Å². The van der Waals surface area contributed by atoms with Crippen molar-refractivity contribution in [3.8, 4) is 0 Å². The standard InChI is InChI=1S/C26H32N4O8/c1-15(31)22(26(37)38)30-25(36)20(13-17-10-6-3-7-11-17)29-24(35)19(12-16-8-4-2-5-9-16)28-23(34)18(27)14-21(32)33/h2-11,15,18-20,22,31H,12-14,27H2,1H3,(H,28,34)(H,29,35)(H,30,36)(H,32,33)(H,37,38). The normalized spacial score (nSPS) is 14.7. The van der Waals surface area contributed by atoms with E-state index in [9.17, 15) is 34.2 Å². The lowest BCUT2D eigenvalue weighted by Crippen LogP contribution is -2.59. The summed E-state index contributed by atoms with van der Waals surface area (Å²) in [5, 5.41) is 35.3. The number of amides is 3. The lowest BCUT2D eigenvalue weighted by molar-refractivity contribution is -0.145. The van der Waals surface area contributed by atoms with E-state index in [0.717, 1.165) is 0 Å². The fourth-order valence-corrected chi connectivity index (χ4v) is 3.59. The minimum absolute atomic E-state index is 0.00328. The van der Waals surface area contributed by atoms with E-state index in [1.807, 2.05) is 0 Å². The van der Waals surface area contributed by atoms with Crippen molar-refractivity contribution in [3.63, 3.8) is 0 Å². The Kier molecular flexibility index (Phi) is 11.4. The molecule has 0 heterocycles. The van der Waals surface area contributed by atoms with Crippen LogP contribution in [0.5, 0.6) is 0 Å². The van der Waals surface area contributed by atoms with E-state index in [1.165, 1.54) is 6.92 Å². The van der Waals surface area contributed by atoms with Crippen LogP contribution in [0.15, 0.2) is 60.7 Å². The molecular formula is C26H32N4O8. The molecule has 0 bridgehead atoms. The van der Waals surface area contributed by atoms with Crippen molar-refractivity contribution in [2.75, 3.05) is 0 Å². The van der Waals surface area contributed by atoms with Gasteiger partial charge in [0.05, 0.1) is 18.6 Å². The van der Waals surface area contributed by atoms with Crippen molar-refractivity contribution in [2.45, 2.75) is 56.5 Å². The molecule has 0 spiro atoms. The van der Waals surface area contributed by atoms with Gasteiger partial charge in [0, 0.05) is 12.8 Å². The van der Waals surface area contributed by atoms with Crippen LogP contribution < -0.4 is 21.7 Å². The van der Waals surface area contributed by atoms with E-state index in [0.29, 0.717) is 11.1 Å². The monoisotopic (exact) mass is 528 g/mol. The first kappa shape index (κ1) is 29.9. The van der Waals surface area contributed by atoms with Crippen molar-refractivity contribution in [1.82, 2.24) is 16.0 Å². The summed E-state index contributed by atoms with van der Waals surface area (Å²) in [7, 11) is 0. The van der Waals surface area contributed by atoms with Gasteiger partial charge in [-0.25, -0.2) is 4.79 Å². The molecule has 0 radical (unpaired) electrons. The molecule has 0 saturated carbocycles. The number of aliphatic hydroxyl groups excluding tert-OH is 1. The molecule has 38 heavy (non-hydrogen) atoms. The maximum atomic E-state index is 13.4. The van der Waals surface area contributed by atoms with Crippen LogP contribution in [0.25, 0.3) is 0 Å². The first-order valence-corrected chi connectivity index (χ1v) is 11.8. The summed E-state index contributed by atoms with van der Waals surface area (Å²) < 4.78 is 0. The number of aliphatic hydroxyl groups is 1. The van der Waals surface area contributed by atoms with Crippen LogP contribution in [-0.2, 0) is 36.8 Å². The first-order chi connectivity index (χ1) is 18.0. The van der Waals surface area contributed by atoms with Crippen molar-refractivity contribution in [2.24, 2.45) is 5.73 Å². The highest BCUT2D eigenvalue weighted by Gasteiger charge is 2.32. The number of carbonyl (C=O) groups is 5. The Morgan fingerprint density at radius 2 is 1.16 bits per heavy atom. The molecule has 0 aliphatic carbocycles. The van der Waals surface area contributed by atoms with Gasteiger partial charge >= 0.3 is 11.9 Å². The molecule has 12 heteroatoms. The number of nitrogens with one attached hydrogen (secondary N) is 3. The van der Waals surface area contributed by atoms with Gasteiger partial charge in [-0.1, -0.05) is 60.7 Å². The van der Waals surface area contributed by atoms with Crippen LogP contribution >= 0.6 is 0 Å². The van der Waals surface area contributed by atoms with Crippen molar-refractivity contribution in [1.29, 1.82) is 0 Å². The molecular weight excluding hydrogens is 496 g/mol. The minimum Gasteiger partial charge on any atom is -0.481 e. The topological polar surface area (TPSA) is 208 Å². The molecule has 12 nitrogen and oxygen atoms in total. The number of hydrogen-bond acceptors (Lipinski definition) is 7. The SMILES string of the molecule is CC(O)C(NC(=O)C(Cc1ccccc1)NC(=O)C(Cc1ccccc1)NC(=O)C(N)CC(=O)O)C(=O)O. The van der Waals surface area contributed by atoms with Gasteiger partial charge < -0.3 is 37.0 Å². The average Bonchev–Trinajstić information content (AvgIpc) is 2.86. The summed E-state index contributed by atoms with van der Waals surface area (Å²) in [6, 6.07) is 11.8. The Labute approximate surface area is 219 Å². The molecule has 0 aliphatic heterocycles. The van der Waals surface area contributed by atoms with Crippen LogP contribution in [0.2, 0.25) is 0 Å². The molecule has 0 aliphatic rings. The average molecular weight is 529 g/mol. The van der Waals surface area contributed by atoms with Gasteiger partial charge in [0.25, 0.3) is 0 Å². The van der Waals surface area contributed by atoms with E-state index in [1.54, 1.807) is 60.7 Å². The largest absolute Gasteiger partial charge is 0.481 e. The number of rotatable bonds is 14. The number of carbonyl (C=O) groups excluding carboxylic acids is 3. The van der Waals surface area contributed by atoms with Crippen molar-refractivity contribution in [3.05, 3.63) is 71.8 Å². The minimum atomic E-state index is -1.62. The number of carboxylic acid groups (broad SMARTS) is 2. The number of benzene rings is 2. The van der Waals surface area contributed by atoms with Crippen LogP contribution in [0.1, 0.15) is 24.5 Å². The fraction of sp³-hybridized carbons (Fsp3) is 0.346. The molecule has 2 aromatic carbocycles. The highest BCUT2D eigenvalue weighted by molar-refractivity contribution is 5.95. The van der Waals surface area contributed by atoms with Crippen LogP contribution in [-0.4, -0.2) is 75.3 Å². The van der Waals surface area contributed by atoms with Crippen molar-refractivity contribution < 1.29 is 39.3 Å². The molecule has 0 aromatic heterocycles. The summed E-state index contributed by atoms with van der Waals surface area (Å²) in [6.45, 7) is 1.20. The van der Waals surface area contributed by atoms with Crippen LogP contribution in [0, 0.1) is 0 Å². The Balaban J connectivity index is 2.30. The van der Waals surface area contributed by atoms with Gasteiger partial charge in [0.2, 0.25) is 17.7 Å². The molecule has 5 unspecified atom stereocenters. The summed E-state index contributed by atoms with van der Waals surface area (Å²) in [5.74, 6) is -5.25. The van der Waals surface area contributed by atoms with Gasteiger partial charge in [0.15, 0.2) is 6.04 Å². The number of hydrogen-bond donors (Lipinski definition) is 7. The zero-order valence-electron chi connectivity index (χ0n) is 20.7. The Morgan fingerprint density at radius 1 is 0.737 bits per heavy atom. The maximum Gasteiger partial charge on any atom is 0.328 e. The first-order valence-electron chi connectivity index (χ1n) is 11.8. The second-order valence-electron chi connectivity index (χ2n) is 8.77. The van der Waals surface area contributed by atoms with Crippen LogP contribution in [0.3, 0.4) is 0 Å². The Bertz CT molecular complexity index is 1110. The van der Waals surface area contributed by atoms with E-state index >= 15 is 0 Å². The maximum absolute atomic E-state index is 13.4. The molecule has 2 aromatic rings. The van der Waals surface area contributed by atoms with Gasteiger partial charge in [-0.2, -0.15) is 0 Å².